The number of hydrogen-bond donors (Lipinski definition) is 2. The van der Waals surface area contributed by atoms with Gasteiger partial charge in [0.15, 0.2) is 0 Å². The molecular weight excluding hydrogens is 314 g/mol. The number of aromatic hydroxyl groups is 2. The van der Waals surface area contributed by atoms with Gasteiger partial charge >= 0.3 is 0 Å². The van der Waals surface area contributed by atoms with Crippen molar-refractivity contribution in [2.24, 2.45) is 0 Å². The van der Waals surface area contributed by atoms with E-state index < -0.39 is 0 Å². The number of phenolic OH excluding ortho intramolecular Hbond substituents is 2. The number of carbonyl (C=O) groups excluding carboxylic acids is 1. The predicted molar refractivity (Wildman–Crippen MR) is 99.0 cm³/mol. The maximum absolute atomic E-state index is 12.8. The van der Waals surface area contributed by atoms with Crippen molar-refractivity contribution in [3.05, 3.63) is 71.8 Å². The van der Waals surface area contributed by atoms with Gasteiger partial charge in [-0.05, 0) is 42.5 Å². The highest BCUT2D eigenvalue weighted by molar-refractivity contribution is 6.03. The SMILES string of the molecule is C[C@H](Cc1ccc(O)cc1)N(C)C(=O)c1ccc2ccccc2c1O. The number of likely N-dealkylation sites (N-methyl/N-ethyl adjacent to an activating group) is 1. The summed E-state index contributed by atoms with van der Waals surface area (Å²) in [6.45, 7) is 1.96. The molecule has 4 nitrogen and oxygen atoms in total. The first kappa shape index (κ1) is 16.8. The van der Waals surface area contributed by atoms with Gasteiger partial charge in [-0.1, -0.05) is 42.5 Å². The van der Waals surface area contributed by atoms with E-state index in [1.165, 1.54) is 0 Å². The second-order valence-electron chi connectivity index (χ2n) is 6.32. The van der Waals surface area contributed by atoms with Gasteiger partial charge in [0.05, 0.1) is 5.56 Å². The molecule has 0 heterocycles. The molecule has 25 heavy (non-hydrogen) atoms. The summed E-state index contributed by atoms with van der Waals surface area (Å²) in [5, 5.41) is 21.4. The molecule has 4 heteroatoms. The zero-order chi connectivity index (χ0) is 18.0. The zero-order valence-corrected chi connectivity index (χ0v) is 14.3. The maximum Gasteiger partial charge on any atom is 0.257 e. The molecule has 0 spiro atoms. The number of amides is 1. The monoisotopic (exact) mass is 335 g/mol. The van der Waals surface area contributed by atoms with Gasteiger partial charge in [-0.25, -0.2) is 0 Å². The molecule has 0 saturated carbocycles. The summed E-state index contributed by atoms with van der Waals surface area (Å²) in [7, 11) is 1.74. The number of benzene rings is 3. The number of nitrogens with zero attached hydrogens (tertiary/aromatic N) is 1. The van der Waals surface area contributed by atoms with Crippen LogP contribution in [0.4, 0.5) is 0 Å². The molecule has 0 aliphatic rings. The van der Waals surface area contributed by atoms with Crippen LogP contribution in [0.15, 0.2) is 60.7 Å². The van der Waals surface area contributed by atoms with Crippen molar-refractivity contribution in [2.75, 3.05) is 7.05 Å². The Morgan fingerprint density at radius 1 is 1.00 bits per heavy atom. The smallest absolute Gasteiger partial charge is 0.257 e. The zero-order valence-electron chi connectivity index (χ0n) is 14.3. The number of rotatable bonds is 4. The predicted octanol–water partition coefficient (Wildman–Crippen LogP) is 3.95. The molecule has 3 aromatic rings. The molecule has 0 fully saturated rings. The molecule has 2 N–H and O–H groups in total. The minimum atomic E-state index is -0.213. The normalized spacial score (nSPS) is 12.1. The molecule has 0 aromatic heterocycles. The molecule has 3 aromatic carbocycles. The first-order chi connectivity index (χ1) is 12.0. The Balaban J connectivity index is 1.82. The lowest BCUT2D eigenvalue weighted by atomic mass is 10.0. The molecule has 1 amide bonds. The highest BCUT2D eigenvalue weighted by Crippen LogP contribution is 2.29. The van der Waals surface area contributed by atoms with Gasteiger partial charge in [-0.15, -0.1) is 0 Å². The van der Waals surface area contributed by atoms with Crippen molar-refractivity contribution in [1.29, 1.82) is 0 Å². The van der Waals surface area contributed by atoms with Crippen molar-refractivity contribution >= 4 is 16.7 Å². The van der Waals surface area contributed by atoms with Gasteiger partial charge in [0.2, 0.25) is 0 Å². The summed E-state index contributed by atoms with van der Waals surface area (Å²) in [4.78, 5) is 14.5. The van der Waals surface area contributed by atoms with Crippen LogP contribution >= 0.6 is 0 Å². The minimum absolute atomic E-state index is 0.0202. The summed E-state index contributed by atoms with van der Waals surface area (Å²) >= 11 is 0. The minimum Gasteiger partial charge on any atom is -0.508 e. The van der Waals surface area contributed by atoms with E-state index >= 15 is 0 Å². The van der Waals surface area contributed by atoms with Crippen molar-refractivity contribution in [3.8, 4) is 11.5 Å². The molecule has 3 rings (SSSR count). The summed E-state index contributed by atoms with van der Waals surface area (Å²) in [5.41, 5.74) is 1.34. The van der Waals surface area contributed by atoms with Gasteiger partial charge in [0, 0.05) is 18.5 Å². The second kappa shape index (κ2) is 6.85. The van der Waals surface area contributed by atoms with E-state index in [9.17, 15) is 15.0 Å². The van der Waals surface area contributed by atoms with Crippen molar-refractivity contribution in [2.45, 2.75) is 19.4 Å². The van der Waals surface area contributed by atoms with Crippen LogP contribution in [0.1, 0.15) is 22.8 Å². The number of hydrogen-bond acceptors (Lipinski definition) is 3. The summed E-state index contributed by atoms with van der Waals surface area (Å²) in [6.07, 6.45) is 0.664. The van der Waals surface area contributed by atoms with E-state index in [1.807, 2.05) is 43.3 Å². The molecule has 1 atom stereocenters. The lowest BCUT2D eigenvalue weighted by molar-refractivity contribution is 0.0740. The Morgan fingerprint density at radius 2 is 1.68 bits per heavy atom. The van der Waals surface area contributed by atoms with E-state index in [4.69, 9.17) is 0 Å². The lowest BCUT2D eigenvalue weighted by Gasteiger charge is -2.25. The first-order valence-corrected chi connectivity index (χ1v) is 8.23. The van der Waals surface area contributed by atoms with E-state index in [0.717, 1.165) is 10.9 Å². The highest BCUT2D eigenvalue weighted by Gasteiger charge is 2.21. The van der Waals surface area contributed by atoms with Gasteiger partial charge in [-0.3, -0.25) is 4.79 Å². The Hall–Kier alpha value is -3.01. The largest absolute Gasteiger partial charge is 0.508 e. The molecule has 0 radical (unpaired) electrons. The number of carbonyl (C=O) groups is 1. The molecule has 0 aliphatic carbocycles. The molecule has 0 bridgehead atoms. The average molecular weight is 335 g/mol. The Labute approximate surface area is 147 Å². The van der Waals surface area contributed by atoms with E-state index in [-0.39, 0.29) is 23.4 Å². The first-order valence-electron chi connectivity index (χ1n) is 8.23. The number of phenols is 2. The van der Waals surface area contributed by atoms with Crippen LogP contribution in [0, 0.1) is 0 Å². The Morgan fingerprint density at radius 3 is 2.40 bits per heavy atom. The third-order valence-corrected chi connectivity index (χ3v) is 4.58. The molecule has 128 valence electrons. The number of fused-ring (bicyclic) bond motifs is 1. The van der Waals surface area contributed by atoms with E-state index in [1.54, 1.807) is 36.2 Å². The van der Waals surface area contributed by atoms with Crippen LogP contribution in [-0.4, -0.2) is 34.1 Å². The lowest BCUT2D eigenvalue weighted by Crippen LogP contribution is -2.36. The van der Waals surface area contributed by atoms with Crippen LogP contribution in [0.2, 0.25) is 0 Å². The fourth-order valence-electron chi connectivity index (χ4n) is 2.93. The van der Waals surface area contributed by atoms with E-state index in [0.29, 0.717) is 17.4 Å². The van der Waals surface area contributed by atoms with Crippen LogP contribution in [0.5, 0.6) is 11.5 Å². The molecule has 0 saturated heterocycles. The van der Waals surface area contributed by atoms with Crippen molar-refractivity contribution in [1.82, 2.24) is 4.90 Å². The van der Waals surface area contributed by atoms with Crippen LogP contribution in [0.3, 0.4) is 0 Å². The van der Waals surface area contributed by atoms with Crippen molar-refractivity contribution in [3.63, 3.8) is 0 Å². The quantitative estimate of drug-likeness (QED) is 0.759. The van der Waals surface area contributed by atoms with Crippen LogP contribution in [0.25, 0.3) is 10.8 Å². The summed E-state index contributed by atoms with van der Waals surface area (Å²) in [6, 6.07) is 17.9. The Kier molecular flexibility index (Phi) is 4.61. The molecule has 0 unspecified atom stereocenters. The third-order valence-electron chi connectivity index (χ3n) is 4.58. The fraction of sp³-hybridized carbons (Fsp3) is 0.190. The average Bonchev–Trinajstić information content (AvgIpc) is 2.63. The van der Waals surface area contributed by atoms with Crippen LogP contribution in [-0.2, 0) is 6.42 Å². The van der Waals surface area contributed by atoms with Gasteiger partial charge in [0.25, 0.3) is 5.91 Å². The third kappa shape index (κ3) is 3.43. The maximum atomic E-state index is 12.8. The molecule has 0 aliphatic heterocycles. The van der Waals surface area contributed by atoms with Crippen molar-refractivity contribution < 1.29 is 15.0 Å². The highest BCUT2D eigenvalue weighted by atomic mass is 16.3. The summed E-state index contributed by atoms with van der Waals surface area (Å²) in [5.74, 6) is 0.0308. The topological polar surface area (TPSA) is 60.8 Å². The van der Waals surface area contributed by atoms with Gasteiger partial charge < -0.3 is 15.1 Å². The standard InChI is InChI=1S/C21H21NO3/c1-14(13-15-7-10-17(23)11-8-15)22(2)21(25)19-12-9-16-5-3-4-6-18(16)20(19)24/h3-12,14,23-24H,13H2,1-2H3/t14-/m1/s1. The second-order valence-corrected chi connectivity index (χ2v) is 6.32. The fourth-order valence-corrected chi connectivity index (χ4v) is 2.93. The Bertz CT molecular complexity index is 903. The van der Waals surface area contributed by atoms with Gasteiger partial charge in [-0.2, -0.15) is 0 Å². The van der Waals surface area contributed by atoms with Gasteiger partial charge in [0.1, 0.15) is 11.5 Å². The summed E-state index contributed by atoms with van der Waals surface area (Å²) < 4.78 is 0. The van der Waals surface area contributed by atoms with E-state index in [2.05, 4.69) is 0 Å². The molecular formula is C21H21NO3. The van der Waals surface area contributed by atoms with Crippen LogP contribution < -0.4 is 0 Å².